The van der Waals surface area contributed by atoms with Crippen molar-refractivity contribution in [3.8, 4) is 5.88 Å². The van der Waals surface area contributed by atoms with Crippen LogP contribution < -0.4 is 4.74 Å². The molecule has 2 heterocycles. The van der Waals surface area contributed by atoms with Gasteiger partial charge in [-0.15, -0.1) is 11.3 Å². The van der Waals surface area contributed by atoms with Gasteiger partial charge in [-0.2, -0.15) is 0 Å². The van der Waals surface area contributed by atoms with Crippen LogP contribution in [0.25, 0.3) is 10.2 Å². The summed E-state index contributed by atoms with van der Waals surface area (Å²) in [6.45, 7) is 0.813. The lowest BCUT2D eigenvalue weighted by Gasteiger charge is -2.23. The largest absolute Gasteiger partial charge is 0.474 e. The Morgan fingerprint density at radius 1 is 1.17 bits per heavy atom. The first-order valence-electron chi connectivity index (χ1n) is 8.78. The SMILES string of the molecule is COCCC1CCc2sc3ncnc(OC4CCCCC4)c3c21. The number of aryl methyl sites for hydroxylation is 1. The van der Waals surface area contributed by atoms with Crippen molar-refractivity contribution in [2.75, 3.05) is 13.7 Å². The molecule has 2 aromatic rings. The van der Waals surface area contributed by atoms with Gasteiger partial charge in [0.05, 0.1) is 5.39 Å². The summed E-state index contributed by atoms with van der Waals surface area (Å²) in [6, 6.07) is 0. The van der Waals surface area contributed by atoms with Gasteiger partial charge in [0.15, 0.2) is 0 Å². The maximum atomic E-state index is 6.33. The molecule has 0 spiro atoms. The van der Waals surface area contributed by atoms with Gasteiger partial charge in [-0.3, -0.25) is 0 Å². The third-order valence-corrected chi connectivity index (χ3v) is 6.37. The molecule has 23 heavy (non-hydrogen) atoms. The predicted molar refractivity (Wildman–Crippen MR) is 92.5 cm³/mol. The normalized spacial score (nSPS) is 21.7. The maximum absolute atomic E-state index is 6.33. The number of aromatic nitrogens is 2. The fraction of sp³-hybridized carbons (Fsp3) is 0.667. The van der Waals surface area contributed by atoms with E-state index in [1.807, 2.05) is 11.3 Å². The van der Waals surface area contributed by atoms with Crippen LogP contribution in [0, 0.1) is 0 Å². The van der Waals surface area contributed by atoms with E-state index in [9.17, 15) is 0 Å². The quantitative estimate of drug-likeness (QED) is 0.810. The highest BCUT2D eigenvalue weighted by Gasteiger charge is 2.30. The van der Waals surface area contributed by atoms with Crippen LogP contribution in [0.1, 0.15) is 61.3 Å². The van der Waals surface area contributed by atoms with Gasteiger partial charge in [0.1, 0.15) is 17.3 Å². The molecular weight excluding hydrogens is 308 g/mol. The summed E-state index contributed by atoms with van der Waals surface area (Å²) < 4.78 is 11.6. The minimum absolute atomic E-state index is 0.330. The molecule has 1 atom stereocenters. The van der Waals surface area contributed by atoms with Crippen molar-refractivity contribution in [1.82, 2.24) is 9.97 Å². The monoisotopic (exact) mass is 332 g/mol. The minimum atomic E-state index is 0.330. The van der Waals surface area contributed by atoms with Gasteiger partial charge in [0.25, 0.3) is 0 Å². The molecule has 1 saturated carbocycles. The molecule has 0 bridgehead atoms. The lowest BCUT2D eigenvalue weighted by Crippen LogP contribution is -2.20. The van der Waals surface area contributed by atoms with Crippen LogP contribution in [-0.4, -0.2) is 29.8 Å². The Kier molecular flexibility index (Phi) is 4.49. The molecule has 0 saturated heterocycles. The molecule has 2 aliphatic carbocycles. The topological polar surface area (TPSA) is 44.2 Å². The van der Waals surface area contributed by atoms with Crippen LogP contribution in [0.15, 0.2) is 6.33 Å². The molecule has 0 amide bonds. The number of methoxy groups -OCH3 is 1. The lowest BCUT2D eigenvalue weighted by atomic mass is 9.97. The summed E-state index contributed by atoms with van der Waals surface area (Å²) in [5, 5.41) is 1.19. The average molecular weight is 332 g/mol. The van der Waals surface area contributed by atoms with Crippen LogP contribution in [0.2, 0.25) is 0 Å². The molecule has 0 aliphatic heterocycles. The Bertz CT molecular complexity index is 679. The van der Waals surface area contributed by atoms with Crippen molar-refractivity contribution in [3.63, 3.8) is 0 Å². The second kappa shape index (κ2) is 6.73. The molecule has 1 unspecified atom stereocenters. The van der Waals surface area contributed by atoms with E-state index in [1.54, 1.807) is 13.4 Å². The summed E-state index contributed by atoms with van der Waals surface area (Å²) in [6.07, 6.45) is 11.7. The van der Waals surface area contributed by atoms with E-state index in [0.29, 0.717) is 12.0 Å². The van der Waals surface area contributed by atoms with Crippen molar-refractivity contribution < 1.29 is 9.47 Å². The zero-order chi connectivity index (χ0) is 15.6. The zero-order valence-electron chi connectivity index (χ0n) is 13.7. The Morgan fingerprint density at radius 3 is 2.87 bits per heavy atom. The van der Waals surface area contributed by atoms with E-state index >= 15 is 0 Å². The van der Waals surface area contributed by atoms with Crippen molar-refractivity contribution in [2.24, 2.45) is 0 Å². The number of hydrogen-bond acceptors (Lipinski definition) is 5. The molecule has 1 fully saturated rings. The second-order valence-electron chi connectivity index (χ2n) is 6.69. The van der Waals surface area contributed by atoms with E-state index in [0.717, 1.165) is 43.0 Å². The highest BCUT2D eigenvalue weighted by molar-refractivity contribution is 7.19. The molecule has 4 nitrogen and oxygen atoms in total. The number of nitrogens with zero attached hydrogens (tertiary/aromatic N) is 2. The van der Waals surface area contributed by atoms with E-state index < -0.39 is 0 Å². The molecular formula is C18H24N2O2S. The maximum Gasteiger partial charge on any atom is 0.225 e. The van der Waals surface area contributed by atoms with Crippen molar-refractivity contribution in [3.05, 3.63) is 16.8 Å². The van der Waals surface area contributed by atoms with Gasteiger partial charge in [-0.1, -0.05) is 6.42 Å². The number of ether oxygens (including phenoxy) is 2. The van der Waals surface area contributed by atoms with E-state index in [1.165, 1.54) is 41.5 Å². The summed E-state index contributed by atoms with van der Waals surface area (Å²) in [7, 11) is 1.78. The van der Waals surface area contributed by atoms with Gasteiger partial charge in [0.2, 0.25) is 5.88 Å². The standard InChI is InChI=1S/C18H24N2O2S/c1-21-10-9-12-7-8-14-15(12)16-17(19-11-20-18(16)23-14)22-13-5-3-2-4-6-13/h11-13H,2-10H2,1H3. The van der Waals surface area contributed by atoms with E-state index in [4.69, 9.17) is 9.47 Å². The summed E-state index contributed by atoms with van der Waals surface area (Å²) in [4.78, 5) is 11.6. The Morgan fingerprint density at radius 2 is 2.04 bits per heavy atom. The van der Waals surface area contributed by atoms with Gasteiger partial charge in [-0.25, -0.2) is 9.97 Å². The highest BCUT2D eigenvalue weighted by atomic mass is 32.1. The third kappa shape index (κ3) is 2.96. The van der Waals surface area contributed by atoms with Crippen LogP contribution in [0.5, 0.6) is 5.88 Å². The van der Waals surface area contributed by atoms with Crippen molar-refractivity contribution >= 4 is 21.6 Å². The highest BCUT2D eigenvalue weighted by Crippen LogP contribution is 2.47. The van der Waals surface area contributed by atoms with Gasteiger partial charge < -0.3 is 9.47 Å². The molecule has 2 aliphatic rings. The van der Waals surface area contributed by atoms with Crippen molar-refractivity contribution in [2.45, 2.75) is 63.4 Å². The number of thiophene rings is 1. The van der Waals surface area contributed by atoms with Crippen LogP contribution >= 0.6 is 11.3 Å². The first-order chi connectivity index (χ1) is 11.4. The zero-order valence-corrected chi connectivity index (χ0v) is 14.5. The number of hydrogen-bond donors (Lipinski definition) is 0. The number of fused-ring (bicyclic) bond motifs is 3. The van der Waals surface area contributed by atoms with Gasteiger partial charge in [0, 0.05) is 18.6 Å². The lowest BCUT2D eigenvalue weighted by molar-refractivity contribution is 0.150. The van der Waals surface area contributed by atoms with E-state index in [2.05, 4.69) is 9.97 Å². The van der Waals surface area contributed by atoms with Gasteiger partial charge in [-0.05, 0) is 56.4 Å². The average Bonchev–Trinajstić information content (AvgIpc) is 3.13. The summed E-state index contributed by atoms with van der Waals surface area (Å²) in [5.41, 5.74) is 1.45. The molecule has 2 aromatic heterocycles. The van der Waals surface area contributed by atoms with E-state index in [-0.39, 0.29) is 0 Å². The van der Waals surface area contributed by atoms with Gasteiger partial charge >= 0.3 is 0 Å². The fourth-order valence-corrected chi connectivity index (χ4v) is 5.25. The summed E-state index contributed by atoms with van der Waals surface area (Å²) >= 11 is 1.83. The fourth-order valence-electron chi connectivity index (χ4n) is 4.02. The second-order valence-corrected chi connectivity index (χ2v) is 7.78. The molecule has 124 valence electrons. The molecule has 5 heteroatoms. The van der Waals surface area contributed by atoms with Crippen LogP contribution in [0.3, 0.4) is 0 Å². The molecule has 0 radical (unpaired) electrons. The molecule has 4 rings (SSSR count). The Hall–Kier alpha value is -1.20. The summed E-state index contributed by atoms with van der Waals surface area (Å²) in [5.74, 6) is 1.39. The first-order valence-corrected chi connectivity index (χ1v) is 9.60. The molecule has 0 aromatic carbocycles. The third-order valence-electron chi connectivity index (χ3n) is 5.20. The Balaban J connectivity index is 1.68. The Labute approximate surface area is 141 Å². The number of rotatable bonds is 5. The molecule has 0 N–H and O–H groups in total. The van der Waals surface area contributed by atoms with Crippen LogP contribution in [0.4, 0.5) is 0 Å². The predicted octanol–water partition coefficient (Wildman–Crippen LogP) is 4.47. The van der Waals surface area contributed by atoms with Crippen molar-refractivity contribution in [1.29, 1.82) is 0 Å². The minimum Gasteiger partial charge on any atom is -0.474 e. The smallest absolute Gasteiger partial charge is 0.225 e. The van der Waals surface area contributed by atoms with Crippen LogP contribution in [-0.2, 0) is 11.2 Å². The first kappa shape index (κ1) is 15.3.